The number of aromatic amines is 1. The van der Waals surface area contributed by atoms with E-state index in [2.05, 4.69) is 30.7 Å². The molecule has 1 aromatic carbocycles. The molecule has 2 heterocycles. The van der Waals surface area contributed by atoms with Gasteiger partial charge in [0.25, 0.3) is 0 Å². The van der Waals surface area contributed by atoms with Crippen LogP contribution in [0, 0.1) is 24.6 Å². The number of nitrogens with zero attached hydrogens (tertiary/aromatic N) is 4. The summed E-state index contributed by atoms with van der Waals surface area (Å²) in [5.74, 6) is 1.89. The quantitative estimate of drug-likeness (QED) is 0.278. The molecular weight excluding hydrogens is 481 g/mol. The van der Waals surface area contributed by atoms with Crippen LogP contribution in [0.15, 0.2) is 40.4 Å². The number of carbonyl (C=O) groups is 1. The van der Waals surface area contributed by atoms with Gasteiger partial charge in [0.2, 0.25) is 5.91 Å². The lowest BCUT2D eigenvalue weighted by Gasteiger charge is -2.26. The minimum absolute atomic E-state index is 0.0442. The van der Waals surface area contributed by atoms with Crippen LogP contribution in [0.2, 0.25) is 0 Å². The Balaban J connectivity index is 1.41. The number of anilines is 4. The summed E-state index contributed by atoms with van der Waals surface area (Å²) >= 11 is 1.11. The summed E-state index contributed by atoms with van der Waals surface area (Å²) < 4.78 is 15.0. The Hall–Kier alpha value is -3.18. The molecule has 190 valence electrons. The number of aromatic nitrogens is 4. The molecule has 11 heteroatoms. The molecule has 0 radical (unpaired) electrons. The van der Waals surface area contributed by atoms with Crippen LogP contribution in [0.5, 0.6) is 0 Å². The van der Waals surface area contributed by atoms with E-state index in [0.29, 0.717) is 45.7 Å². The Kier molecular flexibility index (Phi) is 7.10. The lowest BCUT2D eigenvalue weighted by Crippen LogP contribution is -2.33. The van der Waals surface area contributed by atoms with E-state index in [1.807, 2.05) is 19.1 Å². The van der Waals surface area contributed by atoms with Crippen LogP contribution >= 0.6 is 11.8 Å². The van der Waals surface area contributed by atoms with Crippen LogP contribution in [0.1, 0.15) is 38.3 Å². The molecule has 1 unspecified atom stereocenters. The monoisotopic (exact) mass is 511 g/mol. The van der Waals surface area contributed by atoms with Crippen molar-refractivity contribution < 1.29 is 14.3 Å². The highest BCUT2D eigenvalue weighted by molar-refractivity contribution is 7.99. The minimum Gasteiger partial charge on any atom is -0.392 e. The molecule has 1 atom stereocenters. The first kappa shape index (κ1) is 24.5. The fourth-order valence-electron chi connectivity index (χ4n) is 3.84. The van der Waals surface area contributed by atoms with E-state index < -0.39 is 11.9 Å². The fourth-order valence-corrected chi connectivity index (χ4v) is 4.61. The number of aryl methyl sites for hydroxylation is 1. The standard InChI is InChI=1S/C25H30FN7O2S/c1-14-9-22(32-31-14)28-21-11-23(33(12-15(2)34)13-16-3-4-16)30-25(29-21)36-20-8-7-18(10-19(20)26)27-24(35)17-5-6-17/h7-11,15-17,34H,3-6,12-13H2,1-2H3,(H,27,35)(H2,28,29,30,31,32). The van der Waals surface area contributed by atoms with E-state index in [-0.39, 0.29) is 11.8 Å². The van der Waals surface area contributed by atoms with Crippen molar-refractivity contribution in [2.45, 2.75) is 55.7 Å². The van der Waals surface area contributed by atoms with Crippen molar-refractivity contribution in [3.05, 3.63) is 41.8 Å². The second-order valence-electron chi connectivity index (χ2n) is 9.66. The highest BCUT2D eigenvalue weighted by atomic mass is 32.2. The maximum Gasteiger partial charge on any atom is 0.227 e. The number of carbonyl (C=O) groups excluding carboxylic acids is 1. The highest BCUT2D eigenvalue weighted by Crippen LogP contribution is 2.35. The zero-order chi connectivity index (χ0) is 25.2. The van der Waals surface area contributed by atoms with Crippen LogP contribution in [0.3, 0.4) is 0 Å². The highest BCUT2D eigenvalue weighted by Gasteiger charge is 2.30. The third kappa shape index (κ3) is 6.52. The number of aliphatic hydroxyl groups excluding tert-OH is 1. The van der Waals surface area contributed by atoms with Crippen molar-refractivity contribution in [3.63, 3.8) is 0 Å². The van der Waals surface area contributed by atoms with Crippen LogP contribution in [0.4, 0.5) is 27.5 Å². The van der Waals surface area contributed by atoms with Gasteiger partial charge in [-0.25, -0.2) is 14.4 Å². The number of aliphatic hydroxyl groups is 1. The molecule has 2 aliphatic carbocycles. The predicted octanol–water partition coefficient (Wildman–Crippen LogP) is 4.49. The molecule has 2 aromatic heterocycles. The van der Waals surface area contributed by atoms with Gasteiger partial charge in [0.15, 0.2) is 11.0 Å². The van der Waals surface area contributed by atoms with Crippen molar-refractivity contribution in [2.75, 3.05) is 28.6 Å². The maximum absolute atomic E-state index is 15.0. The number of hydrogen-bond acceptors (Lipinski definition) is 8. The van der Waals surface area contributed by atoms with Gasteiger partial charge in [-0.1, -0.05) is 0 Å². The van der Waals surface area contributed by atoms with Crippen LogP contribution in [-0.4, -0.2) is 50.4 Å². The first-order valence-corrected chi connectivity index (χ1v) is 13.0. The van der Waals surface area contributed by atoms with Crippen molar-refractivity contribution in [2.24, 2.45) is 11.8 Å². The van der Waals surface area contributed by atoms with Crippen LogP contribution in [-0.2, 0) is 4.79 Å². The molecule has 0 bridgehead atoms. The molecule has 5 rings (SSSR count). The summed E-state index contributed by atoms with van der Waals surface area (Å²) in [6.07, 6.45) is 3.56. The minimum atomic E-state index is -0.531. The number of benzene rings is 1. The Morgan fingerprint density at radius 1 is 1.22 bits per heavy atom. The fraction of sp³-hybridized carbons (Fsp3) is 0.440. The second-order valence-corrected chi connectivity index (χ2v) is 10.7. The number of halogens is 1. The lowest BCUT2D eigenvalue weighted by atomic mass is 10.3. The van der Waals surface area contributed by atoms with E-state index in [1.54, 1.807) is 19.1 Å². The van der Waals surface area contributed by atoms with Gasteiger partial charge >= 0.3 is 0 Å². The summed E-state index contributed by atoms with van der Waals surface area (Å²) in [6.45, 7) is 4.88. The average Bonchev–Trinajstić information content (AvgIpc) is 3.74. The molecular formula is C25H30FN7O2S. The van der Waals surface area contributed by atoms with Gasteiger partial charge in [0, 0.05) is 42.5 Å². The molecule has 1 amide bonds. The van der Waals surface area contributed by atoms with Gasteiger partial charge < -0.3 is 20.6 Å². The van der Waals surface area contributed by atoms with E-state index in [1.165, 1.54) is 6.07 Å². The Morgan fingerprint density at radius 3 is 2.67 bits per heavy atom. The molecule has 2 saturated carbocycles. The van der Waals surface area contributed by atoms with Gasteiger partial charge in [0.05, 0.1) is 11.0 Å². The second kappa shape index (κ2) is 10.4. The third-order valence-electron chi connectivity index (χ3n) is 5.99. The maximum atomic E-state index is 15.0. The average molecular weight is 512 g/mol. The molecule has 36 heavy (non-hydrogen) atoms. The Labute approximate surface area is 213 Å². The van der Waals surface area contributed by atoms with E-state index in [9.17, 15) is 14.3 Å². The number of rotatable bonds is 11. The molecule has 4 N–H and O–H groups in total. The van der Waals surface area contributed by atoms with Crippen LogP contribution in [0.25, 0.3) is 0 Å². The van der Waals surface area contributed by atoms with Gasteiger partial charge in [0.1, 0.15) is 17.5 Å². The van der Waals surface area contributed by atoms with Crippen LogP contribution < -0.4 is 15.5 Å². The van der Waals surface area contributed by atoms with Crippen molar-refractivity contribution in [1.82, 2.24) is 20.2 Å². The Bertz CT molecular complexity index is 1240. The number of hydrogen-bond donors (Lipinski definition) is 4. The topological polar surface area (TPSA) is 119 Å². The van der Waals surface area contributed by atoms with Gasteiger partial charge in [-0.05, 0) is 75.4 Å². The van der Waals surface area contributed by atoms with Gasteiger partial charge in [-0.15, -0.1) is 0 Å². The summed E-state index contributed by atoms with van der Waals surface area (Å²) in [6, 6.07) is 8.33. The molecule has 0 spiro atoms. The van der Waals surface area contributed by atoms with E-state index in [0.717, 1.165) is 49.7 Å². The van der Waals surface area contributed by atoms with Crippen molar-refractivity contribution in [3.8, 4) is 0 Å². The zero-order valence-corrected chi connectivity index (χ0v) is 21.1. The molecule has 0 saturated heterocycles. The molecule has 0 aliphatic heterocycles. The summed E-state index contributed by atoms with van der Waals surface area (Å²) in [5, 5.41) is 23.5. The predicted molar refractivity (Wildman–Crippen MR) is 137 cm³/mol. The molecule has 2 aliphatic rings. The van der Waals surface area contributed by atoms with E-state index >= 15 is 0 Å². The van der Waals surface area contributed by atoms with Crippen molar-refractivity contribution >= 4 is 40.8 Å². The molecule has 3 aromatic rings. The Morgan fingerprint density at radius 2 is 2.03 bits per heavy atom. The lowest BCUT2D eigenvalue weighted by molar-refractivity contribution is -0.117. The summed E-state index contributed by atoms with van der Waals surface area (Å²) in [5.41, 5.74) is 1.34. The SMILES string of the molecule is Cc1cc(Nc2cc(N(CC(C)O)CC3CC3)nc(Sc3ccc(NC(=O)C4CC4)cc3F)n2)n[nH]1. The van der Waals surface area contributed by atoms with Gasteiger partial charge in [-0.2, -0.15) is 5.10 Å². The molecule has 9 nitrogen and oxygen atoms in total. The summed E-state index contributed by atoms with van der Waals surface area (Å²) in [7, 11) is 0. The zero-order valence-electron chi connectivity index (χ0n) is 20.3. The first-order valence-electron chi connectivity index (χ1n) is 12.2. The molecule has 2 fully saturated rings. The van der Waals surface area contributed by atoms with Gasteiger partial charge in [-0.3, -0.25) is 9.89 Å². The summed E-state index contributed by atoms with van der Waals surface area (Å²) in [4.78, 5) is 23.7. The first-order chi connectivity index (χ1) is 17.3. The third-order valence-corrected chi connectivity index (χ3v) is 6.90. The normalized spacial score (nSPS) is 16.0. The van der Waals surface area contributed by atoms with E-state index in [4.69, 9.17) is 4.98 Å². The number of amides is 1. The number of nitrogens with one attached hydrogen (secondary N) is 3. The van der Waals surface area contributed by atoms with Crippen molar-refractivity contribution in [1.29, 1.82) is 0 Å². The number of H-pyrrole nitrogens is 1. The smallest absolute Gasteiger partial charge is 0.227 e. The largest absolute Gasteiger partial charge is 0.392 e.